The van der Waals surface area contributed by atoms with Gasteiger partial charge < -0.3 is 11.1 Å². The molecule has 0 aliphatic heterocycles. The van der Waals surface area contributed by atoms with Crippen molar-refractivity contribution >= 4 is 18.3 Å². The number of rotatable bonds is 4. The van der Waals surface area contributed by atoms with E-state index in [0.717, 1.165) is 36.2 Å². The van der Waals surface area contributed by atoms with Gasteiger partial charge in [-0.1, -0.05) is 18.2 Å². The molecule has 1 aliphatic rings. The van der Waals surface area contributed by atoms with E-state index in [0.29, 0.717) is 12.2 Å². The van der Waals surface area contributed by atoms with Gasteiger partial charge in [-0.25, -0.2) is 4.68 Å². The van der Waals surface area contributed by atoms with Crippen LogP contribution >= 0.6 is 12.4 Å². The van der Waals surface area contributed by atoms with E-state index in [2.05, 4.69) is 10.4 Å². The number of nitrogens with zero attached hydrogens (tertiary/aromatic N) is 2. The lowest BCUT2D eigenvalue weighted by atomic mass is 10.1. The normalized spacial score (nSPS) is 13.3. The molecule has 0 unspecified atom stereocenters. The van der Waals surface area contributed by atoms with Gasteiger partial charge in [0.15, 0.2) is 5.69 Å². The minimum atomic E-state index is -0.431. The quantitative estimate of drug-likeness (QED) is 0.900. The average Bonchev–Trinajstić information content (AvgIpc) is 3.09. The molecular formula is C17H23ClN4O. The predicted octanol–water partition coefficient (Wildman–Crippen LogP) is 2.25. The fraction of sp³-hybridized carbons (Fsp3) is 0.412. The number of para-hydroxylation sites is 1. The van der Waals surface area contributed by atoms with Crippen LogP contribution in [-0.2, 0) is 12.8 Å². The molecule has 23 heavy (non-hydrogen) atoms. The van der Waals surface area contributed by atoms with Gasteiger partial charge in [0.1, 0.15) is 0 Å². The number of fused-ring (bicyclic) bond motifs is 1. The fourth-order valence-corrected chi connectivity index (χ4v) is 2.82. The Balaban J connectivity index is 0.00000192. The molecule has 124 valence electrons. The molecule has 1 amide bonds. The van der Waals surface area contributed by atoms with Crippen molar-refractivity contribution in [1.82, 2.24) is 15.1 Å². The van der Waals surface area contributed by atoms with Crippen molar-refractivity contribution in [1.29, 1.82) is 0 Å². The standard InChI is InChI=1S/C17H22N4O.ClH/c1-17(2,11-18)19-16(22)15-13-9-6-10-14(13)21(20-15)12-7-4-3-5-8-12;/h3-5,7-8H,6,9-11,18H2,1-2H3,(H,19,22);1H. The maximum Gasteiger partial charge on any atom is 0.272 e. The molecule has 0 fully saturated rings. The maximum absolute atomic E-state index is 12.6. The lowest BCUT2D eigenvalue weighted by Gasteiger charge is -2.23. The van der Waals surface area contributed by atoms with Crippen LogP contribution < -0.4 is 11.1 Å². The summed E-state index contributed by atoms with van der Waals surface area (Å²) in [5, 5.41) is 7.56. The highest BCUT2D eigenvalue weighted by molar-refractivity contribution is 5.94. The Labute approximate surface area is 142 Å². The third-order valence-corrected chi connectivity index (χ3v) is 4.11. The summed E-state index contributed by atoms with van der Waals surface area (Å²) < 4.78 is 1.91. The summed E-state index contributed by atoms with van der Waals surface area (Å²) in [6, 6.07) is 9.96. The average molecular weight is 335 g/mol. The molecule has 5 nitrogen and oxygen atoms in total. The Morgan fingerprint density at radius 2 is 2.00 bits per heavy atom. The highest BCUT2D eigenvalue weighted by atomic mass is 35.5. The van der Waals surface area contributed by atoms with Gasteiger partial charge in [0.25, 0.3) is 5.91 Å². The van der Waals surface area contributed by atoms with Gasteiger partial charge in [-0.2, -0.15) is 5.10 Å². The topological polar surface area (TPSA) is 72.9 Å². The van der Waals surface area contributed by atoms with Gasteiger partial charge in [0, 0.05) is 23.3 Å². The summed E-state index contributed by atoms with van der Waals surface area (Å²) >= 11 is 0. The molecule has 6 heteroatoms. The summed E-state index contributed by atoms with van der Waals surface area (Å²) in [6.07, 6.45) is 2.94. The van der Waals surface area contributed by atoms with Crippen LogP contribution in [0.3, 0.4) is 0 Å². The number of halogens is 1. The van der Waals surface area contributed by atoms with Crippen molar-refractivity contribution in [2.75, 3.05) is 6.54 Å². The van der Waals surface area contributed by atoms with Crippen LogP contribution in [0.4, 0.5) is 0 Å². The Kier molecular flexibility index (Phi) is 5.12. The molecule has 1 aromatic heterocycles. The molecule has 0 saturated heterocycles. The second-order valence-corrected chi connectivity index (χ2v) is 6.42. The van der Waals surface area contributed by atoms with E-state index >= 15 is 0 Å². The molecule has 0 atom stereocenters. The second kappa shape index (κ2) is 6.72. The first-order chi connectivity index (χ1) is 10.5. The van der Waals surface area contributed by atoms with Crippen LogP contribution in [0.25, 0.3) is 5.69 Å². The van der Waals surface area contributed by atoms with Crippen LogP contribution in [-0.4, -0.2) is 27.8 Å². The summed E-state index contributed by atoms with van der Waals surface area (Å²) in [5.74, 6) is -0.136. The maximum atomic E-state index is 12.6. The molecule has 0 spiro atoms. The van der Waals surface area contributed by atoms with E-state index in [1.54, 1.807) is 0 Å². The number of hydrogen-bond acceptors (Lipinski definition) is 3. The second-order valence-electron chi connectivity index (χ2n) is 6.42. The molecular weight excluding hydrogens is 312 g/mol. The number of carbonyl (C=O) groups is 1. The number of hydrogen-bond donors (Lipinski definition) is 2. The van der Waals surface area contributed by atoms with Crippen molar-refractivity contribution in [3.8, 4) is 5.69 Å². The highest BCUT2D eigenvalue weighted by Gasteiger charge is 2.29. The highest BCUT2D eigenvalue weighted by Crippen LogP contribution is 2.28. The van der Waals surface area contributed by atoms with Gasteiger partial charge in [-0.15, -0.1) is 12.4 Å². The van der Waals surface area contributed by atoms with Gasteiger partial charge in [0.05, 0.1) is 5.69 Å². The fourth-order valence-electron chi connectivity index (χ4n) is 2.82. The lowest BCUT2D eigenvalue weighted by molar-refractivity contribution is 0.0909. The van der Waals surface area contributed by atoms with Crippen LogP contribution in [0, 0.1) is 0 Å². The molecule has 2 aromatic rings. The number of aromatic nitrogens is 2. The SMILES string of the molecule is CC(C)(CN)NC(=O)c1nn(-c2ccccc2)c2c1CCC2.Cl. The first-order valence-corrected chi connectivity index (χ1v) is 7.70. The first-order valence-electron chi connectivity index (χ1n) is 7.70. The molecule has 0 radical (unpaired) electrons. The number of carbonyl (C=O) groups excluding carboxylic acids is 1. The van der Waals surface area contributed by atoms with E-state index < -0.39 is 5.54 Å². The van der Waals surface area contributed by atoms with Crippen molar-refractivity contribution in [3.05, 3.63) is 47.3 Å². The minimum Gasteiger partial charge on any atom is -0.344 e. The van der Waals surface area contributed by atoms with E-state index in [1.165, 1.54) is 0 Å². The first kappa shape index (κ1) is 17.5. The third-order valence-electron chi connectivity index (χ3n) is 4.11. The van der Waals surface area contributed by atoms with Crippen molar-refractivity contribution < 1.29 is 4.79 Å². The molecule has 1 aliphatic carbocycles. The van der Waals surface area contributed by atoms with Crippen molar-refractivity contribution in [2.24, 2.45) is 5.73 Å². The van der Waals surface area contributed by atoms with Crippen LogP contribution in [0.2, 0.25) is 0 Å². The molecule has 3 rings (SSSR count). The van der Waals surface area contributed by atoms with Crippen molar-refractivity contribution in [2.45, 2.75) is 38.6 Å². The van der Waals surface area contributed by atoms with E-state index in [4.69, 9.17) is 5.73 Å². The minimum absolute atomic E-state index is 0. The van der Waals surface area contributed by atoms with Crippen LogP contribution in [0.15, 0.2) is 30.3 Å². The van der Waals surface area contributed by atoms with Gasteiger partial charge in [-0.3, -0.25) is 4.79 Å². The number of benzene rings is 1. The summed E-state index contributed by atoms with van der Waals surface area (Å²) in [6.45, 7) is 4.22. The molecule has 1 heterocycles. The third kappa shape index (κ3) is 3.41. The zero-order valence-corrected chi connectivity index (χ0v) is 14.3. The number of nitrogens with two attached hydrogens (primary N) is 1. The number of nitrogens with one attached hydrogen (secondary N) is 1. The van der Waals surface area contributed by atoms with Gasteiger partial charge in [0.2, 0.25) is 0 Å². The van der Waals surface area contributed by atoms with Crippen LogP contribution in [0.1, 0.15) is 42.0 Å². The summed E-state index contributed by atoms with van der Waals surface area (Å²) in [5.41, 5.74) is 9.04. The zero-order valence-electron chi connectivity index (χ0n) is 13.5. The number of amides is 1. The summed E-state index contributed by atoms with van der Waals surface area (Å²) in [4.78, 5) is 12.6. The zero-order chi connectivity index (χ0) is 15.7. The van der Waals surface area contributed by atoms with Crippen molar-refractivity contribution in [3.63, 3.8) is 0 Å². The van der Waals surface area contributed by atoms with Gasteiger partial charge in [-0.05, 0) is 45.2 Å². The lowest BCUT2D eigenvalue weighted by Crippen LogP contribution is -2.49. The monoisotopic (exact) mass is 334 g/mol. The largest absolute Gasteiger partial charge is 0.344 e. The van der Waals surface area contributed by atoms with E-state index in [1.807, 2.05) is 48.9 Å². The Bertz CT molecular complexity index is 694. The Morgan fingerprint density at radius 3 is 2.65 bits per heavy atom. The Morgan fingerprint density at radius 1 is 1.30 bits per heavy atom. The molecule has 1 aromatic carbocycles. The molecule has 0 saturated carbocycles. The van der Waals surface area contributed by atoms with Crippen LogP contribution in [0.5, 0.6) is 0 Å². The Hall–Kier alpha value is -1.85. The molecule has 3 N–H and O–H groups in total. The summed E-state index contributed by atoms with van der Waals surface area (Å²) in [7, 11) is 0. The van der Waals surface area contributed by atoms with Gasteiger partial charge >= 0.3 is 0 Å². The predicted molar refractivity (Wildman–Crippen MR) is 93.4 cm³/mol. The smallest absolute Gasteiger partial charge is 0.272 e. The van der Waals surface area contributed by atoms with E-state index in [-0.39, 0.29) is 18.3 Å². The molecule has 0 bridgehead atoms. The van der Waals surface area contributed by atoms with E-state index in [9.17, 15) is 4.79 Å².